The normalized spacial score (nSPS) is 23.0. The number of rotatable bonds is 3. The fourth-order valence-corrected chi connectivity index (χ4v) is 5.35. The number of aryl methyl sites for hydroxylation is 2. The van der Waals surface area contributed by atoms with Gasteiger partial charge in [0.25, 0.3) is 0 Å². The van der Waals surface area contributed by atoms with E-state index >= 15 is 0 Å². The zero-order valence-electron chi connectivity index (χ0n) is 14.7. The van der Waals surface area contributed by atoms with Crippen molar-refractivity contribution in [3.63, 3.8) is 0 Å². The summed E-state index contributed by atoms with van der Waals surface area (Å²) in [6, 6.07) is 2.19. The van der Waals surface area contributed by atoms with Crippen LogP contribution in [0.1, 0.15) is 35.1 Å². The molecule has 22 heavy (non-hydrogen) atoms. The molecule has 2 rings (SSSR count). The van der Waals surface area contributed by atoms with E-state index in [1.807, 2.05) is 27.7 Å². The van der Waals surface area contributed by atoms with Crippen molar-refractivity contribution in [2.75, 3.05) is 27.2 Å². The van der Waals surface area contributed by atoms with Crippen LogP contribution in [0.25, 0.3) is 0 Å². The average Bonchev–Trinajstić information content (AvgIpc) is 2.45. The number of sulfonamides is 1. The summed E-state index contributed by atoms with van der Waals surface area (Å²) >= 11 is 0. The molecular formula is C17H29N2O2S+. The fourth-order valence-electron chi connectivity index (χ4n) is 3.37. The van der Waals surface area contributed by atoms with Gasteiger partial charge >= 0.3 is 0 Å². The number of benzene rings is 1. The van der Waals surface area contributed by atoms with Crippen molar-refractivity contribution in [1.82, 2.24) is 4.31 Å². The molecule has 1 saturated heterocycles. The first-order chi connectivity index (χ1) is 10.2. The zero-order valence-corrected chi connectivity index (χ0v) is 15.5. The van der Waals surface area contributed by atoms with Crippen LogP contribution in [0.4, 0.5) is 0 Å². The molecule has 0 aromatic heterocycles. The van der Waals surface area contributed by atoms with E-state index in [0.717, 1.165) is 48.2 Å². The maximum atomic E-state index is 13.2. The molecule has 0 unspecified atom stereocenters. The highest BCUT2D eigenvalue weighted by atomic mass is 32.2. The summed E-state index contributed by atoms with van der Waals surface area (Å²) in [4.78, 5) is 2.00. The summed E-state index contributed by atoms with van der Waals surface area (Å²) < 4.78 is 28.0. The Balaban J connectivity index is 2.43. The summed E-state index contributed by atoms with van der Waals surface area (Å²) in [7, 11) is 0.478. The molecule has 1 fully saturated rings. The molecule has 0 amide bonds. The van der Waals surface area contributed by atoms with Crippen molar-refractivity contribution in [3.8, 4) is 0 Å². The molecule has 5 heteroatoms. The Morgan fingerprint density at radius 1 is 1.05 bits per heavy atom. The first-order valence-electron chi connectivity index (χ1n) is 8.03. The molecule has 1 aliphatic rings. The molecule has 0 atom stereocenters. The van der Waals surface area contributed by atoms with Crippen LogP contribution in [-0.2, 0) is 10.0 Å². The molecule has 0 radical (unpaired) electrons. The van der Waals surface area contributed by atoms with Crippen molar-refractivity contribution < 1.29 is 13.3 Å². The van der Waals surface area contributed by atoms with Gasteiger partial charge in [0, 0.05) is 25.9 Å². The summed E-state index contributed by atoms with van der Waals surface area (Å²) in [6.45, 7) is 9.88. The van der Waals surface area contributed by atoms with E-state index < -0.39 is 10.0 Å². The first-order valence-corrected chi connectivity index (χ1v) is 9.47. The molecule has 0 aliphatic carbocycles. The van der Waals surface area contributed by atoms with Crippen molar-refractivity contribution in [2.45, 2.75) is 51.5 Å². The third-order valence-electron chi connectivity index (χ3n) is 5.26. The van der Waals surface area contributed by atoms with Crippen LogP contribution in [0, 0.1) is 27.7 Å². The van der Waals surface area contributed by atoms with Crippen LogP contribution in [0.5, 0.6) is 0 Å². The third-order valence-corrected chi connectivity index (χ3v) is 7.44. The van der Waals surface area contributed by atoms with E-state index in [4.69, 9.17) is 0 Å². The van der Waals surface area contributed by atoms with Crippen LogP contribution >= 0.6 is 0 Å². The standard InChI is InChI=1S/C17H28N2O2S/c1-12-11-13(2)15(4)17(14(12)3)22(20,21)19(6)16-7-9-18(5)10-8-16/h11,16H,7-10H2,1-6H3/p+1. The fraction of sp³-hybridized carbons (Fsp3) is 0.647. The van der Waals surface area contributed by atoms with E-state index in [1.54, 1.807) is 11.4 Å². The SMILES string of the molecule is Cc1cc(C)c(C)c(S(=O)(=O)N(C)C2CC[NH+](C)CC2)c1C. The summed E-state index contributed by atoms with van der Waals surface area (Å²) in [5.41, 5.74) is 3.85. The molecule has 0 spiro atoms. The zero-order chi connectivity index (χ0) is 16.7. The van der Waals surface area contributed by atoms with Gasteiger partial charge in [-0.05, 0) is 49.9 Å². The summed E-state index contributed by atoms with van der Waals surface area (Å²) in [6.07, 6.45) is 1.87. The average molecular weight is 325 g/mol. The van der Waals surface area contributed by atoms with E-state index in [0.29, 0.717) is 4.90 Å². The van der Waals surface area contributed by atoms with Crippen LogP contribution in [0.15, 0.2) is 11.0 Å². The minimum Gasteiger partial charge on any atom is -0.337 e. The van der Waals surface area contributed by atoms with Crippen molar-refractivity contribution in [3.05, 3.63) is 28.3 Å². The monoisotopic (exact) mass is 325 g/mol. The predicted molar refractivity (Wildman–Crippen MR) is 90.0 cm³/mol. The van der Waals surface area contributed by atoms with Gasteiger partial charge in [0.05, 0.1) is 25.0 Å². The van der Waals surface area contributed by atoms with Gasteiger partial charge in [0.15, 0.2) is 0 Å². The molecule has 1 aromatic carbocycles. The maximum Gasteiger partial charge on any atom is 0.243 e. The smallest absolute Gasteiger partial charge is 0.243 e. The Morgan fingerprint density at radius 2 is 1.50 bits per heavy atom. The number of hydrogen-bond donors (Lipinski definition) is 1. The summed E-state index contributed by atoms with van der Waals surface area (Å²) in [5.74, 6) is 0. The molecule has 0 bridgehead atoms. The molecule has 1 heterocycles. The van der Waals surface area contributed by atoms with Gasteiger partial charge in [-0.15, -0.1) is 0 Å². The summed E-state index contributed by atoms with van der Waals surface area (Å²) in [5, 5.41) is 0. The lowest BCUT2D eigenvalue weighted by atomic mass is 10.0. The number of piperidine rings is 1. The Kier molecular flexibility index (Phi) is 5.00. The third kappa shape index (κ3) is 3.07. The highest BCUT2D eigenvalue weighted by Gasteiger charge is 2.33. The molecule has 0 saturated carbocycles. The minimum atomic E-state index is -3.44. The largest absolute Gasteiger partial charge is 0.337 e. The first kappa shape index (κ1) is 17.4. The quantitative estimate of drug-likeness (QED) is 0.908. The van der Waals surface area contributed by atoms with Crippen molar-refractivity contribution in [2.24, 2.45) is 0 Å². The van der Waals surface area contributed by atoms with Crippen LogP contribution in [-0.4, -0.2) is 45.9 Å². The van der Waals surface area contributed by atoms with Crippen molar-refractivity contribution in [1.29, 1.82) is 0 Å². The number of quaternary nitrogens is 1. The number of nitrogens with one attached hydrogen (secondary N) is 1. The lowest BCUT2D eigenvalue weighted by Gasteiger charge is -2.33. The van der Waals surface area contributed by atoms with Gasteiger partial charge in [-0.1, -0.05) is 6.07 Å². The van der Waals surface area contributed by atoms with Crippen LogP contribution in [0.3, 0.4) is 0 Å². The topological polar surface area (TPSA) is 41.8 Å². The second-order valence-electron chi connectivity index (χ2n) is 6.80. The molecule has 1 aromatic rings. The van der Waals surface area contributed by atoms with Gasteiger partial charge in [0.1, 0.15) is 0 Å². The van der Waals surface area contributed by atoms with Crippen LogP contribution in [0.2, 0.25) is 0 Å². The Bertz CT molecular complexity index is 633. The lowest BCUT2D eigenvalue weighted by Crippen LogP contribution is -3.10. The van der Waals surface area contributed by atoms with Gasteiger partial charge in [-0.3, -0.25) is 0 Å². The van der Waals surface area contributed by atoms with E-state index in [1.165, 1.54) is 4.90 Å². The van der Waals surface area contributed by atoms with E-state index in [-0.39, 0.29) is 6.04 Å². The number of nitrogens with zero attached hydrogens (tertiary/aromatic N) is 1. The minimum absolute atomic E-state index is 0.119. The van der Waals surface area contributed by atoms with E-state index in [2.05, 4.69) is 13.1 Å². The predicted octanol–water partition coefficient (Wildman–Crippen LogP) is 1.22. The van der Waals surface area contributed by atoms with Crippen molar-refractivity contribution >= 4 is 10.0 Å². The highest BCUT2D eigenvalue weighted by molar-refractivity contribution is 7.89. The second-order valence-corrected chi connectivity index (χ2v) is 8.73. The van der Waals surface area contributed by atoms with Gasteiger partial charge in [-0.2, -0.15) is 4.31 Å². The van der Waals surface area contributed by atoms with Gasteiger partial charge in [-0.25, -0.2) is 8.42 Å². The van der Waals surface area contributed by atoms with Crippen LogP contribution < -0.4 is 4.90 Å². The Morgan fingerprint density at radius 3 is 1.95 bits per heavy atom. The van der Waals surface area contributed by atoms with Gasteiger partial charge < -0.3 is 4.90 Å². The molecule has 124 valence electrons. The maximum absolute atomic E-state index is 13.2. The second kappa shape index (κ2) is 6.30. The molecule has 4 nitrogen and oxygen atoms in total. The highest BCUT2D eigenvalue weighted by Crippen LogP contribution is 2.29. The lowest BCUT2D eigenvalue weighted by molar-refractivity contribution is -0.885. The Hall–Kier alpha value is -0.910. The molecular weight excluding hydrogens is 296 g/mol. The number of likely N-dealkylation sites (tertiary alicyclic amines) is 1. The Labute approximate surface area is 135 Å². The number of hydrogen-bond acceptors (Lipinski definition) is 2. The van der Waals surface area contributed by atoms with Gasteiger partial charge in [0.2, 0.25) is 10.0 Å². The molecule has 1 N–H and O–H groups in total. The van der Waals surface area contributed by atoms with E-state index in [9.17, 15) is 8.42 Å². The molecule has 1 aliphatic heterocycles.